The van der Waals surface area contributed by atoms with Gasteiger partial charge < -0.3 is 10.2 Å². The molecule has 1 aromatic rings. The van der Waals surface area contributed by atoms with Gasteiger partial charge in [0.1, 0.15) is 4.90 Å². The molecule has 2 heterocycles. The maximum absolute atomic E-state index is 12.7. The van der Waals surface area contributed by atoms with E-state index in [1.165, 1.54) is 17.1 Å². The Hall–Kier alpha value is -1.45. The molecule has 0 radical (unpaired) electrons. The quantitative estimate of drug-likeness (QED) is 0.708. The Morgan fingerprint density at radius 3 is 2.87 bits per heavy atom. The summed E-state index contributed by atoms with van der Waals surface area (Å²) in [6.45, 7) is 5.86. The van der Waals surface area contributed by atoms with Crippen molar-refractivity contribution < 1.29 is 13.2 Å². The first kappa shape index (κ1) is 17.9. The molecule has 1 amide bonds. The van der Waals surface area contributed by atoms with Crippen molar-refractivity contribution in [1.82, 2.24) is 24.7 Å². The van der Waals surface area contributed by atoms with Crippen molar-refractivity contribution in [3.63, 3.8) is 0 Å². The molecule has 8 nitrogen and oxygen atoms in total. The highest BCUT2D eigenvalue weighted by atomic mass is 32.2. The lowest BCUT2D eigenvalue weighted by Gasteiger charge is -2.30. The van der Waals surface area contributed by atoms with E-state index >= 15 is 0 Å². The summed E-state index contributed by atoms with van der Waals surface area (Å²) in [5.74, 6) is -0.187. The number of rotatable bonds is 7. The van der Waals surface area contributed by atoms with Gasteiger partial charge in [0.2, 0.25) is 15.9 Å². The molecule has 1 fully saturated rings. The second-order valence-electron chi connectivity index (χ2n) is 5.87. The van der Waals surface area contributed by atoms with E-state index < -0.39 is 16.1 Å². The van der Waals surface area contributed by atoms with E-state index in [0.717, 1.165) is 25.9 Å². The van der Waals surface area contributed by atoms with Crippen LogP contribution in [0.4, 0.5) is 0 Å². The van der Waals surface area contributed by atoms with Gasteiger partial charge in [-0.1, -0.05) is 6.92 Å². The number of hydrogen-bond acceptors (Lipinski definition) is 5. The van der Waals surface area contributed by atoms with Gasteiger partial charge in [-0.3, -0.25) is 9.48 Å². The Bertz CT molecular complexity index is 637. The average molecular weight is 343 g/mol. The van der Waals surface area contributed by atoms with Crippen LogP contribution in [0.5, 0.6) is 0 Å². The van der Waals surface area contributed by atoms with Crippen molar-refractivity contribution in [2.24, 2.45) is 7.05 Å². The van der Waals surface area contributed by atoms with E-state index in [-0.39, 0.29) is 16.8 Å². The lowest BCUT2D eigenvalue weighted by atomic mass is 10.1. The van der Waals surface area contributed by atoms with Crippen LogP contribution < -0.4 is 10.0 Å². The Balaban J connectivity index is 2.08. The molecule has 9 heteroatoms. The van der Waals surface area contributed by atoms with Crippen molar-refractivity contribution in [2.75, 3.05) is 19.6 Å². The highest BCUT2D eigenvalue weighted by molar-refractivity contribution is 7.89. The smallest absolute Gasteiger partial charge is 0.244 e. The molecular weight excluding hydrogens is 318 g/mol. The Labute approximate surface area is 137 Å². The molecule has 0 spiro atoms. The Morgan fingerprint density at radius 1 is 1.61 bits per heavy atom. The van der Waals surface area contributed by atoms with E-state index in [4.69, 9.17) is 0 Å². The van der Waals surface area contributed by atoms with E-state index in [0.29, 0.717) is 6.54 Å². The maximum Gasteiger partial charge on any atom is 0.244 e. The fourth-order valence-electron chi connectivity index (χ4n) is 2.76. The predicted octanol–water partition coefficient (Wildman–Crippen LogP) is -0.313. The molecule has 2 unspecified atom stereocenters. The summed E-state index contributed by atoms with van der Waals surface area (Å²) in [4.78, 5) is 14.5. The Kier molecular flexibility index (Phi) is 5.77. The monoisotopic (exact) mass is 343 g/mol. The van der Waals surface area contributed by atoms with Crippen LogP contribution in [-0.2, 0) is 21.9 Å². The molecule has 0 aromatic carbocycles. The predicted molar refractivity (Wildman–Crippen MR) is 86.3 cm³/mol. The minimum Gasteiger partial charge on any atom is -0.337 e. The fourth-order valence-corrected chi connectivity index (χ4v) is 3.94. The third-order valence-corrected chi connectivity index (χ3v) is 5.41. The zero-order valence-corrected chi connectivity index (χ0v) is 14.6. The lowest BCUT2D eigenvalue weighted by Crippen LogP contribution is -2.51. The number of sulfonamides is 1. The molecule has 2 rings (SSSR count). The molecule has 2 atom stereocenters. The minimum absolute atomic E-state index is 0.0595. The molecule has 0 bridgehead atoms. The van der Waals surface area contributed by atoms with Gasteiger partial charge in [-0.05, 0) is 26.3 Å². The summed E-state index contributed by atoms with van der Waals surface area (Å²) in [7, 11) is -2.11. The number of nitrogens with zero attached hydrogens (tertiary/aromatic N) is 3. The number of aryl methyl sites for hydroxylation is 1. The van der Waals surface area contributed by atoms with Crippen LogP contribution in [0.2, 0.25) is 0 Å². The summed E-state index contributed by atoms with van der Waals surface area (Å²) in [5.41, 5.74) is 0. The van der Waals surface area contributed by atoms with Crippen LogP contribution in [0.1, 0.15) is 26.7 Å². The minimum atomic E-state index is -3.75. The van der Waals surface area contributed by atoms with Crippen molar-refractivity contribution in [3.8, 4) is 0 Å². The van der Waals surface area contributed by atoms with Crippen LogP contribution in [0, 0.1) is 0 Å². The van der Waals surface area contributed by atoms with Crippen LogP contribution in [0.15, 0.2) is 17.3 Å². The van der Waals surface area contributed by atoms with E-state index in [9.17, 15) is 13.2 Å². The summed E-state index contributed by atoms with van der Waals surface area (Å²) in [5, 5.41) is 7.09. The third kappa shape index (κ3) is 4.30. The molecule has 1 aliphatic heterocycles. The van der Waals surface area contributed by atoms with Crippen molar-refractivity contribution in [2.45, 2.75) is 43.7 Å². The highest BCUT2D eigenvalue weighted by Gasteiger charge is 2.31. The van der Waals surface area contributed by atoms with E-state index in [2.05, 4.69) is 15.1 Å². The van der Waals surface area contributed by atoms with Crippen LogP contribution in [0.25, 0.3) is 0 Å². The van der Waals surface area contributed by atoms with Crippen molar-refractivity contribution in [1.29, 1.82) is 0 Å². The van der Waals surface area contributed by atoms with Gasteiger partial charge in [-0.25, -0.2) is 8.42 Å². The van der Waals surface area contributed by atoms with E-state index in [1.807, 2.05) is 6.92 Å². The first-order valence-corrected chi connectivity index (χ1v) is 9.35. The van der Waals surface area contributed by atoms with E-state index in [1.54, 1.807) is 18.9 Å². The molecule has 23 heavy (non-hydrogen) atoms. The standard InChI is InChI=1S/C14H25N5O3S/c1-4-7-19(12-5-6-15-8-12)14(20)11(2)17-23(21,22)13-9-16-18(3)10-13/h9-12,15,17H,4-8H2,1-3H3. The molecule has 1 saturated heterocycles. The normalized spacial score (nSPS) is 19.7. The topological polar surface area (TPSA) is 96.3 Å². The second-order valence-corrected chi connectivity index (χ2v) is 7.58. The zero-order valence-electron chi connectivity index (χ0n) is 13.8. The molecule has 1 aliphatic rings. The van der Waals surface area contributed by atoms with Crippen LogP contribution in [-0.4, -0.2) is 60.7 Å². The molecule has 0 aliphatic carbocycles. The number of nitrogens with one attached hydrogen (secondary N) is 2. The molecule has 0 saturated carbocycles. The van der Waals surface area contributed by atoms with Crippen LogP contribution >= 0.6 is 0 Å². The fraction of sp³-hybridized carbons (Fsp3) is 0.714. The van der Waals surface area contributed by atoms with Crippen LogP contribution in [0.3, 0.4) is 0 Å². The van der Waals surface area contributed by atoms with Gasteiger partial charge in [0.25, 0.3) is 0 Å². The first-order chi connectivity index (χ1) is 10.8. The van der Waals surface area contributed by atoms with Gasteiger partial charge in [0.05, 0.1) is 12.2 Å². The second kappa shape index (κ2) is 7.41. The zero-order chi connectivity index (χ0) is 17.0. The average Bonchev–Trinajstić information content (AvgIpc) is 3.15. The Morgan fingerprint density at radius 2 is 2.35 bits per heavy atom. The van der Waals surface area contributed by atoms with Gasteiger partial charge in [0.15, 0.2) is 0 Å². The molecule has 130 valence electrons. The van der Waals surface area contributed by atoms with Gasteiger partial charge in [-0.2, -0.15) is 9.82 Å². The van der Waals surface area contributed by atoms with Gasteiger partial charge in [-0.15, -0.1) is 0 Å². The highest BCUT2D eigenvalue weighted by Crippen LogP contribution is 2.13. The molecule has 1 aromatic heterocycles. The SMILES string of the molecule is CCCN(C(=O)C(C)NS(=O)(=O)c1cnn(C)c1)C1CCNC1. The number of amides is 1. The van der Waals surface area contributed by atoms with Gasteiger partial charge in [0, 0.05) is 32.4 Å². The summed E-state index contributed by atoms with van der Waals surface area (Å²) in [6.07, 6.45) is 4.41. The maximum atomic E-state index is 12.7. The van der Waals surface area contributed by atoms with Gasteiger partial charge >= 0.3 is 0 Å². The van der Waals surface area contributed by atoms with Crippen molar-refractivity contribution in [3.05, 3.63) is 12.4 Å². The number of carbonyl (C=O) groups is 1. The summed E-state index contributed by atoms with van der Waals surface area (Å²) in [6, 6.07) is -0.680. The number of hydrogen-bond donors (Lipinski definition) is 2. The lowest BCUT2D eigenvalue weighted by molar-refractivity contribution is -0.134. The number of carbonyl (C=O) groups excluding carboxylic acids is 1. The summed E-state index contributed by atoms with van der Waals surface area (Å²) >= 11 is 0. The molecule has 2 N–H and O–H groups in total. The molecular formula is C14H25N5O3S. The third-order valence-electron chi connectivity index (χ3n) is 3.92. The van der Waals surface area contributed by atoms with Crippen molar-refractivity contribution >= 4 is 15.9 Å². The largest absolute Gasteiger partial charge is 0.337 e. The number of aromatic nitrogens is 2. The first-order valence-electron chi connectivity index (χ1n) is 7.87. The summed E-state index contributed by atoms with van der Waals surface area (Å²) < 4.78 is 28.5.